The van der Waals surface area contributed by atoms with Gasteiger partial charge in [-0.15, -0.1) is 0 Å². The Morgan fingerprint density at radius 1 is 1.15 bits per heavy atom. The molecule has 73 valence electrons. The van der Waals surface area contributed by atoms with Crippen LogP contribution in [0.25, 0.3) is 0 Å². The van der Waals surface area contributed by atoms with Crippen LogP contribution in [0.2, 0.25) is 0 Å². The van der Waals surface area contributed by atoms with Gasteiger partial charge in [-0.1, -0.05) is 0 Å². The van der Waals surface area contributed by atoms with Crippen LogP contribution in [-0.2, 0) is 24.7 Å². The molecule has 0 radical (unpaired) electrons. The second kappa shape index (κ2) is 5.85. The molecule has 1 saturated carbocycles. The Bertz CT molecular complexity index is 215. The summed E-state index contributed by atoms with van der Waals surface area (Å²) in [6, 6.07) is 0. The molecule has 2 aliphatic carbocycles. The van der Waals surface area contributed by atoms with E-state index in [9.17, 15) is 0 Å². The number of hydrogen-bond acceptors (Lipinski definition) is 0. The second-order valence-corrected chi connectivity index (χ2v) is 5.01. The first-order chi connectivity index (χ1) is 5.38. The van der Waals surface area contributed by atoms with Gasteiger partial charge in [-0.25, -0.2) is 0 Å². The molecule has 0 unspecified atom stereocenters. The summed E-state index contributed by atoms with van der Waals surface area (Å²) in [5.74, 6) is 0.947. The van der Waals surface area contributed by atoms with Crippen molar-refractivity contribution in [1.82, 2.24) is 0 Å². The second-order valence-electron chi connectivity index (χ2n) is 3.52. The molecule has 0 aromatic heterocycles. The minimum absolute atomic E-state index is 0. The van der Waals surface area contributed by atoms with Gasteiger partial charge in [0.25, 0.3) is 0 Å². The third kappa shape index (κ3) is 2.84. The van der Waals surface area contributed by atoms with E-state index in [2.05, 4.69) is 12.2 Å². The standard InChI is InChI=1S/C10H13.2FH.Zr/c1-2-6-9(5-1)10-7-3-4-8-10;;;/h1,5,10H,2-4,7-8H2;2*1H;. The minimum atomic E-state index is 0. The monoisotopic (exact) mass is 263 g/mol. The van der Waals surface area contributed by atoms with Gasteiger partial charge in [-0.2, -0.15) is 0 Å². The van der Waals surface area contributed by atoms with E-state index in [1.165, 1.54) is 32.1 Å². The molecule has 0 amide bonds. The molecule has 0 spiro atoms. The first-order valence-corrected chi connectivity index (χ1v) is 5.72. The summed E-state index contributed by atoms with van der Waals surface area (Å²) >= 11 is 1.64. The molecule has 2 aliphatic rings. The zero-order valence-electron chi connectivity index (χ0n) is 7.58. The molecular weight excluding hydrogens is 249 g/mol. The van der Waals surface area contributed by atoms with Crippen molar-refractivity contribution in [2.45, 2.75) is 32.1 Å². The summed E-state index contributed by atoms with van der Waals surface area (Å²) in [5, 5.41) is 0. The summed E-state index contributed by atoms with van der Waals surface area (Å²) in [5.41, 5.74) is 1.71. The van der Waals surface area contributed by atoms with E-state index in [1.54, 1.807) is 33.6 Å². The Balaban J connectivity index is 0.000000720. The van der Waals surface area contributed by atoms with E-state index in [4.69, 9.17) is 0 Å². The molecular formula is C10H15F2Zr. The third-order valence-electron chi connectivity index (χ3n) is 2.76. The van der Waals surface area contributed by atoms with Crippen LogP contribution in [0.15, 0.2) is 21.0 Å². The summed E-state index contributed by atoms with van der Waals surface area (Å²) in [4.78, 5) is 0. The Labute approximate surface area is 93.1 Å². The van der Waals surface area contributed by atoms with Gasteiger partial charge < -0.3 is 0 Å². The first kappa shape index (κ1) is 13.2. The first-order valence-electron chi connectivity index (χ1n) is 4.49. The van der Waals surface area contributed by atoms with Crippen molar-refractivity contribution in [3.8, 4) is 0 Å². The van der Waals surface area contributed by atoms with Gasteiger partial charge in [0.15, 0.2) is 0 Å². The zero-order valence-corrected chi connectivity index (χ0v) is 10.0. The number of hydrogen-bond donors (Lipinski definition) is 0. The number of halogens is 2. The third-order valence-corrected chi connectivity index (χ3v) is 3.97. The molecule has 13 heavy (non-hydrogen) atoms. The van der Waals surface area contributed by atoms with Crippen LogP contribution in [0, 0.1) is 5.92 Å². The van der Waals surface area contributed by atoms with Gasteiger partial charge in [0, 0.05) is 0 Å². The fraction of sp³-hybridized carbons (Fsp3) is 0.600. The van der Waals surface area contributed by atoms with Gasteiger partial charge >= 0.3 is 83.7 Å². The maximum atomic E-state index is 2.38. The Kier molecular flexibility index (Phi) is 5.95. The summed E-state index contributed by atoms with van der Waals surface area (Å²) in [7, 11) is 0. The number of rotatable bonds is 1. The molecule has 0 aromatic carbocycles. The van der Waals surface area contributed by atoms with E-state index < -0.39 is 0 Å². The van der Waals surface area contributed by atoms with Crippen LogP contribution >= 0.6 is 0 Å². The molecule has 1 fully saturated rings. The average Bonchev–Trinajstić information content (AvgIpc) is 2.55. The van der Waals surface area contributed by atoms with Gasteiger partial charge in [0.1, 0.15) is 0 Å². The van der Waals surface area contributed by atoms with Crippen molar-refractivity contribution in [3.05, 3.63) is 21.0 Å². The average molecular weight is 264 g/mol. The molecule has 0 aliphatic heterocycles. The summed E-state index contributed by atoms with van der Waals surface area (Å²) in [6.45, 7) is 0. The van der Waals surface area contributed by atoms with E-state index in [1.807, 2.05) is 0 Å². The van der Waals surface area contributed by atoms with Gasteiger partial charge in [0.2, 0.25) is 0 Å². The van der Waals surface area contributed by atoms with Crippen molar-refractivity contribution in [2.24, 2.45) is 5.92 Å². The van der Waals surface area contributed by atoms with Gasteiger partial charge in [-0.05, 0) is 0 Å². The van der Waals surface area contributed by atoms with E-state index in [0.717, 1.165) is 5.92 Å². The van der Waals surface area contributed by atoms with Crippen molar-refractivity contribution in [1.29, 1.82) is 0 Å². The topological polar surface area (TPSA) is 0 Å². The predicted octanol–water partition coefficient (Wildman–Crippen LogP) is 3.24. The van der Waals surface area contributed by atoms with E-state index >= 15 is 0 Å². The fourth-order valence-electron chi connectivity index (χ4n) is 2.14. The van der Waals surface area contributed by atoms with Crippen LogP contribution in [0.5, 0.6) is 0 Å². The molecule has 2 rings (SSSR count). The molecule has 0 saturated heterocycles. The Hall–Kier alpha value is 0.223. The summed E-state index contributed by atoms with van der Waals surface area (Å²) in [6.07, 6.45) is 11.8. The van der Waals surface area contributed by atoms with Gasteiger partial charge in [0.05, 0.1) is 0 Å². The van der Waals surface area contributed by atoms with Gasteiger partial charge in [-0.3, -0.25) is 9.41 Å². The van der Waals surface area contributed by atoms with Crippen molar-refractivity contribution < 1.29 is 34.1 Å². The molecule has 0 aromatic rings. The molecule has 0 bridgehead atoms. The van der Waals surface area contributed by atoms with Crippen LogP contribution < -0.4 is 0 Å². The molecule has 0 heterocycles. The quantitative estimate of drug-likeness (QED) is 0.682. The molecule has 0 nitrogen and oxygen atoms in total. The molecule has 0 atom stereocenters. The fourth-order valence-corrected chi connectivity index (χ4v) is 3.14. The maximum absolute atomic E-state index is 2.38. The van der Waals surface area contributed by atoms with E-state index in [-0.39, 0.29) is 9.41 Å². The Morgan fingerprint density at radius 3 is 2.23 bits per heavy atom. The number of allylic oxidation sites excluding steroid dienone is 4. The van der Waals surface area contributed by atoms with E-state index in [0.29, 0.717) is 0 Å². The molecule has 0 N–H and O–H groups in total. The summed E-state index contributed by atoms with van der Waals surface area (Å²) < 4.78 is 1.71. The Morgan fingerprint density at radius 2 is 1.77 bits per heavy atom. The van der Waals surface area contributed by atoms with Crippen molar-refractivity contribution in [3.63, 3.8) is 0 Å². The normalized spacial score (nSPS) is 21.5. The SMILES string of the molecule is F.F.[Zr][C]1=C(C2CCCC2)C=CC1. The zero-order chi connectivity index (χ0) is 7.68. The van der Waals surface area contributed by atoms with Crippen molar-refractivity contribution >= 4 is 0 Å². The predicted molar refractivity (Wildman–Crippen MR) is 47.7 cm³/mol. The van der Waals surface area contributed by atoms with Crippen LogP contribution in [-0.4, -0.2) is 0 Å². The van der Waals surface area contributed by atoms with Crippen LogP contribution in [0.1, 0.15) is 32.1 Å². The van der Waals surface area contributed by atoms with Crippen LogP contribution in [0.3, 0.4) is 0 Å². The van der Waals surface area contributed by atoms with Crippen molar-refractivity contribution in [2.75, 3.05) is 0 Å². The molecule has 3 heteroatoms. The van der Waals surface area contributed by atoms with Crippen LogP contribution in [0.4, 0.5) is 9.41 Å².